The summed E-state index contributed by atoms with van der Waals surface area (Å²) < 4.78 is 0. The average molecular weight is 311 g/mol. The van der Waals surface area contributed by atoms with Gasteiger partial charge in [0.15, 0.2) is 0 Å². The summed E-state index contributed by atoms with van der Waals surface area (Å²) in [5.41, 5.74) is 4.26. The van der Waals surface area contributed by atoms with E-state index in [1.54, 1.807) is 0 Å². The maximum absolute atomic E-state index is 12.5. The van der Waals surface area contributed by atoms with Crippen LogP contribution < -0.4 is 4.90 Å². The molecule has 1 amide bonds. The van der Waals surface area contributed by atoms with E-state index in [1.165, 1.54) is 35.3 Å². The highest BCUT2D eigenvalue weighted by Gasteiger charge is 2.23. The highest BCUT2D eigenvalue weighted by Crippen LogP contribution is 2.24. The van der Waals surface area contributed by atoms with Gasteiger partial charge in [-0.1, -0.05) is 12.1 Å². The van der Waals surface area contributed by atoms with Crippen molar-refractivity contribution in [3.63, 3.8) is 0 Å². The first-order chi connectivity index (χ1) is 11.1. The summed E-state index contributed by atoms with van der Waals surface area (Å²) in [4.78, 5) is 20.5. The van der Waals surface area contributed by atoms with Crippen molar-refractivity contribution in [2.24, 2.45) is 0 Å². The van der Waals surface area contributed by atoms with Crippen molar-refractivity contribution in [1.82, 2.24) is 9.88 Å². The normalized spacial score (nSPS) is 14.9. The van der Waals surface area contributed by atoms with E-state index in [-0.39, 0.29) is 11.7 Å². The van der Waals surface area contributed by atoms with Crippen molar-refractivity contribution in [3.05, 3.63) is 53.3 Å². The molecule has 120 valence electrons. The molecule has 0 atom stereocenters. The number of carbonyl (C=O) groups excluding carboxylic acids is 1. The van der Waals surface area contributed by atoms with Gasteiger partial charge in [0.1, 0.15) is 5.75 Å². The van der Waals surface area contributed by atoms with Crippen LogP contribution in [0.25, 0.3) is 0 Å². The van der Waals surface area contributed by atoms with Crippen LogP contribution in [0.15, 0.2) is 36.7 Å². The second kappa shape index (κ2) is 6.28. The average Bonchev–Trinajstić information content (AvgIpc) is 2.57. The molecule has 1 aliphatic rings. The zero-order valence-corrected chi connectivity index (χ0v) is 13.5. The summed E-state index contributed by atoms with van der Waals surface area (Å²) in [5, 5.41) is 9.47. The number of aromatic hydroxyl groups is 1. The molecule has 0 spiro atoms. The monoisotopic (exact) mass is 311 g/mol. The first-order valence-corrected chi connectivity index (χ1v) is 7.80. The zero-order valence-electron chi connectivity index (χ0n) is 13.5. The molecule has 0 bridgehead atoms. The van der Waals surface area contributed by atoms with Crippen LogP contribution in [0, 0.1) is 13.8 Å². The number of anilines is 1. The molecule has 1 aromatic heterocycles. The number of piperazine rings is 1. The van der Waals surface area contributed by atoms with Gasteiger partial charge in [-0.2, -0.15) is 0 Å². The number of pyridine rings is 1. The fourth-order valence-corrected chi connectivity index (χ4v) is 2.96. The Kier molecular flexibility index (Phi) is 4.19. The van der Waals surface area contributed by atoms with Crippen LogP contribution in [0.1, 0.15) is 21.5 Å². The fourth-order valence-electron chi connectivity index (χ4n) is 2.96. The van der Waals surface area contributed by atoms with Gasteiger partial charge in [0.25, 0.3) is 5.91 Å². The Morgan fingerprint density at radius 3 is 2.57 bits per heavy atom. The van der Waals surface area contributed by atoms with E-state index in [0.717, 1.165) is 13.1 Å². The molecule has 0 saturated carbocycles. The van der Waals surface area contributed by atoms with Crippen LogP contribution >= 0.6 is 0 Å². The molecule has 0 unspecified atom stereocenters. The second-order valence-electron chi connectivity index (χ2n) is 5.93. The van der Waals surface area contributed by atoms with Gasteiger partial charge in [-0.3, -0.25) is 9.78 Å². The first kappa shape index (κ1) is 15.3. The van der Waals surface area contributed by atoms with Crippen LogP contribution in [0.3, 0.4) is 0 Å². The SMILES string of the molecule is Cc1cccc(N2CCN(C(=O)c3cncc(O)c3)CC2)c1C. The summed E-state index contributed by atoms with van der Waals surface area (Å²) in [6, 6.07) is 7.80. The van der Waals surface area contributed by atoms with Crippen molar-refractivity contribution < 1.29 is 9.90 Å². The largest absolute Gasteiger partial charge is 0.506 e. The maximum Gasteiger partial charge on any atom is 0.255 e. The van der Waals surface area contributed by atoms with Crippen LogP contribution in [0.4, 0.5) is 5.69 Å². The molecule has 5 nitrogen and oxygen atoms in total. The third kappa shape index (κ3) is 3.13. The molecule has 1 saturated heterocycles. The lowest BCUT2D eigenvalue weighted by Gasteiger charge is -2.37. The third-order valence-corrected chi connectivity index (χ3v) is 4.45. The molecular formula is C18H21N3O2. The Morgan fingerprint density at radius 1 is 1.13 bits per heavy atom. The number of amides is 1. The summed E-state index contributed by atoms with van der Waals surface area (Å²) in [7, 11) is 0. The van der Waals surface area contributed by atoms with Crippen LogP contribution in [-0.4, -0.2) is 47.1 Å². The van der Waals surface area contributed by atoms with Gasteiger partial charge in [-0.25, -0.2) is 0 Å². The number of hydrogen-bond donors (Lipinski definition) is 1. The lowest BCUT2D eigenvalue weighted by molar-refractivity contribution is 0.0746. The lowest BCUT2D eigenvalue weighted by atomic mass is 10.1. The van der Waals surface area contributed by atoms with E-state index in [2.05, 4.69) is 41.9 Å². The van der Waals surface area contributed by atoms with Crippen molar-refractivity contribution >= 4 is 11.6 Å². The Hall–Kier alpha value is -2.56. The van der Waals surface area contributed by atoms with E-state index >= 15 is 0 Å². The van der Waals surface area contributed by atoms with E-state index in [4.69, 9.17) is 0 Å². The molecule has 1 fully saturated rings. The van der Waals surface area contributed by atoms with Gasteiger partial charge in [-0.05, 0) is 37.1 Å². The van der Waals surface area contributed by atoms with E-state index in [9.17, 15) is 9.90 Å². The molecule has 0 aliphatic carbocycles. The van der Waals surface area contributed by atoms with Gasteiger partial charge in [-0.15, -0.1) is 0 Å². The summed E-state index contributed by atoms with van der Waals surface area (Å²) >= 11 is 0. The number of benzene rings is 1. The summed E-state index contributed by atoms with van der Waals surface area (Å²) in [6.45, 7) is 7.21. The topological polar surface area (TPSA) is 56.7 Å². The minimum absolute atomic E-state index is 0.0184. The minimum Gasteiger partial charge on any atom is -0.506 e. The van der Waals surface area contributed by atoms with E-state index in [0.29, 0.717) is 18.7 Å². The number of aryl methyl sites for hydroxylation is 1. The van der Waals surface area contributed by atoms with Gasteiger partial charge in [0, 0.05) is 38.1 Å². The molecule has 1 N–H and O–H groups in total. The number of aromatic nitrogens is 1. The quantitative estimate of drug-likeness (QED) is 0.925. The number of carbonyl (C=O) groups is 1. The molecule has 1 aromatic carbocycles. The Bertz CT molecular complexity index is 722. The predicted molar refractivity (Wildman–Crippen MR) is 89.9 cm³/mol. The molecule has 1 aliphatic heterocycles. The van der Waals surface area contributed by atoms with Gasteiger partial charge >= 0.3 is 0 Å². The summed E-state index contributed by atoms with van der Waals surface area (Å²) in [5.74, 6) is -0.0566. The minimum atomic E-state index is -0.0750. The smallest absolute Gasteiger partial charge is 0.255 e. The molecule has 5 heteroatoms. The van der Waals surface area contributed by atoms with Crippen molar-refractivity contribution in [1.29, 1.82) is 0 Å². The standard InChI is InChI=1S/C18H21N3O2/c1-13-4-3-5-17(14(13)2)20-6-8-21(9-7-20)18(23)15-10-16(22)12-19-11-15/h3-5,10-12,22H,6-9H2,1-2H3. The van der Waals surface area contributed by atoms with Gasteiger partial charge in [0.2, 0.25) is 0 Å². The molecule has 2 heterocycles. The predicted octanol–water partition coefficient (Wildman–Crippen LogP) is 2.37. The van der Waals surface area contributed by atoms with Crippen molar-refractivity contribution in [3.8, 4) is 5.75 Å². The van der Waals surface area contributed by atoms with Crippen LogP contribution in [0.5, 0.6) is 5.75 Å². The van der Waals surface area contributed by atoms with Gasteiger partial charge < -0.3 is 14.9 Å². The highest BCUT2D eigenvalue weighted by atomic mass is 16.3. The molecule has 2 aromatic rings. The Balaban J connectivity index is 1.69. The number of hydrogen-bond acceptors (Lipinski definition) is 4. The zero-order chi connectivity index (χ0) is 16.4. The summed E-state index contributed by atoms with van der Waals surface area (Å²) in [6.07, 6.45) is 2.83. The molecular weight excluding hydrogens is 290 g/mol. The van der Waals surface area contributed by atoms with Crippen molar-refractivity contribution in [2.45, 2.75) is 13.8 Å². The van der Waals surface area contributed by atoms with Crippen LogP contribution in [-0.2, 0) is 0 Å². The third-order valence-electron chi connectivity index (χ3n) is 4.45. The van der Waals surface area contributed by atoms with Crippen molar-refractivity contribution in [2.75, 3.05) is 31.1 Å². The van der Waals surface area contributed by atoms with E-state index < -0.39 is 0 Å². The van der Waals surface area contributed by atoms with E-state index in [1.807, 2.05) is 4.90 Å². The lowest BCUT2D eigenvalue weighted by Crippen LogP contribution is -2.49. The maximum atomic E-state index is 12.5. The number of rotatable bonds is 2. The Morgan fingerprint density at radius 2 is 1.87 bits per heavy atom. The highest BCUT2D eigenvalue weighted by molar-refractivity contribution is 5.94. The first-order valence-electron chi connectivity index (χ1n) is 7.80. The second-order valence-corrected chi connectivity index (χ2v) is 5.93. The molecule has 3 rings (SSSR count). The molecule has 0 radical (unpaired) electrons. The Labute approximate surface area is 136 Å². The van der Waals surface area contributed by atoms with Crippen LogP contribution in [0.2, 0.25) is 0 Å². The fraction of sp³-hybridized carbons (Fsp3) is 0.333. The molecule has 23 heavy (non-hydrogen) atoms. The van der Waals surface area contributed by atoms with Gasteiger partial charge in [0.05, 0.1) is 11.8 Å². The number of nitrogens with zero attached hydrogens (tertiary/aromatic N) is 3.